The quantitative estimate of drug-likeness (QED) is 0.726. The number of methoxy groups -OCH3 is 1. The Morgan fingerprint density at radius 3 is 2.79 bits per heavy atom. The van der Waals surface area contributed by atoms with Crippen molar-refractivity contribution in [1.82, 2.24) is 4.90 Å². The summed E-state index contributed by atoms with van der Waals surface area (Å²) in [5, 5.41) is 2.42. The Morgan fingerprint density at radius 1 is 1.12 bits per heavy atom. The van der Waals surface area contributed by atoms with E-state index in [0.717, 1.165) is 51.6 Å². The van der Waals surface area contributed by atoms with Crippen LogP contribution in [0, 0.1) is 0 Å². The SMILES string of the molecule is CCCOCCN1CCO[C@@H](c2ccc3cc(OC)ccc3c2)C1. The average molecular weight is 329 g/mol. The standard InChI is InChI=1S/C20H27NO3/c1-3-10-23-11-8-21-9-12-24-20(15-21)18-5-4-17-14-19(22-2)7-6-16(17)13-18/h4-7,13-14,20H,3,8-12,15H2,1-2H3/t20-/m1/s1. The molecule has 0 aromatic heterocycles. The summed E-state index contributed by atoms with van der Waals surface area (Å²) in [6.45, 7) is 7.46. The van der Waals surface area contributed by atoms with Crippen LogP contribution >= 0.6 is 0 Å². The number of ether oxygens (including phenoxy) is 3. The number of rotatable bonds is 7. The van der Waals surface area contributed by atoms with Crippen LogP contribution in [0.25, 0.3) is 10.8 Å². The Labute approximate surface area is 144 Å². The molecule has 1 fully saturated rings. The molecule has 0 spiro atoms. The van der Waals surface area contributed by atoms with Gasteiger partial charge in [0.15, 0.2) is 0 Å². The smallest absolute Gasteiger partial charge is 0.119 e. The molecule has 0 aliphatic carbocycles. The predicted molar refractivity (Wildman–Crippen MR) is 96.7 cm³/mol. The zero-order chi connectivity index (χ0) is 16.8. The zero-order valence-corrected chi connectivity index (χ0v) is 14.7. The maximum absolute atomic E-state index is 6.01. The zero-order valence-electron chi connectivity index (χ0n) is 14.7. The molecular weight excluding hydrogens is 302 g/mol. The maximum atomic E-state index is 6.01. The molecule has 3 rings (SSSR count). The molecule has 4 nitrogen and oxygen atoms in total. The molecule has 1 aliphatic heterocycles. The van der Waals surface area contributed by atoms with E-state index < -0.39 is 0 Å². The van der Waals surface area contributed by atoms with Gasteiger partial charge in [0.05, 0.1) is 26.4 Å². The Kier molecular flexibility index (Phi) is 6.07. The van der Waals surface area contributed by atoms with Gasteiger partial charge < -0.3 is 14.2 Å². The van der Waals surface area contributed by atoms with Crippen LogP contribution in [0.5, 0.6) is 5.75 Å². The van der Waals surface area contributed by atoms with E-state index in [-0.39, 0.29) is 6.10 Å². The minimum absolute atomic E-state index is 0.136. The fraction of sp³-hybridized carbons (Fsp3) is 0.500. The van der Waals surface area contributed by atoms with E-state index in [9.17, 15) is 0 Å². The van der Waals surface area contributed by atoms with Crippen LogP contribution in [0.3, 0.4) is 0 Å². The van der Waals surface area contributed by atoms with E-state index in [0.29, 0.717) is 0 Å². The first-order valence-corrected chi connectivity index (χ1v) is 8.79. The summed E-state index contributed by atoms with van der Waals surface area (Å²) in [7, 11) is 1.70. The highest BCUT2D eigenvalue weighted by Crippen LogP contribution is 2.27. The van der Waals surface area contributed by atoms with Crippen molar-refractivity contribution < 1.29 is 14.2 Å². The van der Waals surface area contributed by atoms with Crippen molar-refractivity contribution in [2.45, 2.75) is 19.4 Å². The van der Waals surface area contributed by atoms with Crippen molar-refractivity contribution in [3.8, 4) is 5.75 Å². The molecule has 2 aromatic carbocycles. The number of morpholine rings is 1. The Morgan fingerprint density at radius 2 is 1.96 bits per heavy atom. The summed E-state index contributed by atoms with van der Waals surface area (Å²) in [6, 6.07) is 12.7. The largest absolute Gasteiger partial charge is 0.497 e. The minimum atomic E-state index is 0.136. The summed E-state index contributed by atoms with van der Waals surface area (Å²) in [4.78, 5) is 2.43. The van der Waals surface area contributed by atoms with Gasteiger partial charge in [-0.15, -0.1) is 0 Å². The van der Waals surface area contributed by atoms with Gasteiger partial charge in [0.2, 0.25) is 0 Å². The molecule has 1 atom stereocenters. The number of hydrogen-bond acceptors (Lipinski definition) is 4. The van der Waals surface area contributed by atoms with E-state index in [1.807, 2.05) is 6.07 Å². The van der Waals surface area contributed by atoms with Crippen LogP contribution in [0.2, 0.25) is 0 Å². The minimum Gasteiger partial charge on any atom is -0.497 e. The normalized spacial score (nSPS) is 18.8. The van der Waals surface area contributed by atoms with Crippen LogP contribution in [-0.4, -0.2) is 51.5 Å². The first kappa shape index (κ1) is 17.2. The highest BCUT2D eigenvalue weighted by atomic mass is 16.5. The Balaban J connectivity index is 1.65. The number of nitrogens with zero attached hydrogens (tertiary/aromatic N) is 1. The molecule has 0 radical (unpaired) electrons. The van der Waals surface area contributed by atoms with Gasteiger partial charge in [0.1, 0.15) is 5.75 Å². The second kappa shape index (κ2) is 8.47. The third-order valence-corrected chi connectivity index (χ3v) is 4.49. The van der Waals surface area contributed by atoms with Crippen molar-refractivity contribution in [2.24, 2.45) is 0 Å². The molecule has 0 bridgehead atoms. The lowest BCUT2D eigenvalue weighted by atomic mass is 10.0. The van der Waals surface area contributed by atoms with Crippen LogP contribution < -0.4 is 4.74 Å². The Bertz CT molecular complexity index is 658. The van der Waals surface area contributed by atoms with Crippen molar-refractivity contribution in [3.63, 3.8) is 0 Å². The second-order valence-electron chi connectivity index (χ2n) is 6.24. The first-order valence-electron chi connectivity index (χ1n) is 8.79. The third-order valence-electron chi connectivity index (χ3n) is 4.49. The van der Waals surface area contributed by atoms with E-state index >= 15 is 0 Å². The number of fused-ring (bicyclic) bond motifs is 1. The van der Waals surface area contributed by atoms with Gasteiger partial charge in [-0.25, -0.2) is 0 Å². The molecule has 1 heterocycles. The summed E-state index contributed by atoms with van der Waals surface area (Å²) in [6.07, 6.45) is 1.21. The number of benzene rings is 2. The van der Waals surface area contributed by atoms with Crippen molar-refractivity contribution >= 4 is 10.8 Å². The fourth-order valence-electron chi connectivity index (χ4n) is 3.12. The van der Waals surface area contributed by atoms with Gasteiger partial charge in [-0.1, -0.05) is 25.1 Å². The monoisotopic (exact) mass is 329 g/mol. The van der Waals surface area contributed by atoms with Crippen molar-refractivity contribution in [2.75, 3.05) is 46.6 Å². The summed E-state index contributed by atoms with van der Waals surface area (Å²) < 4.78 is 16.9. The molecule has 0 amide bonds. The van der Waals surface area contributed by atoms with Crippen LogP contribution in [0.4, 0.5) is 0 Å². The van der Waals surface area contributed by atoms with Gasteiger partial charge in [-0.2, -0.15) is 0 Å². The Hall–Kier alpha value is -1.62. The van der Waals surface area contributed by atoms with Gasteiger partial charge in [0, 0.05) is 26.2 Å². The lowest BCUT2D eigenvalue weighted by Crippen LogP contribution is -2.40. The molecule has 0 saturated carbocycles. The van der Waals surface area contributed by atoms with Gasteiger partial charge >= 0.3 is 0 Å². The van der Waals surface area contributed by atoms with Crippen LogP contribution in [0.1, 0.15) is 25.0 Å². The average Bonchev–Trinajstić information content (AvgIpc) is 2.64. The van der Waals surface area contributed by atoms with E-state index in [2.05, 4.69) is 42.2 Å². The van der Waals surface area contributed by atoms with Crippen molar-refractivity contribution in [1.29, 1.82) is 0 Å². The molecule has 0 unspecified atom stereocenters. The third kappa shape index (κ3) is 4.26. The molecule has 1 aliphatic rings. The molecule has 24 heavy (non-hydrogen) atoms. The summed E-state index contributed by atoms with van der Waals surface area (Å²) in [5.41, 5.74) is 1.24. The predicted octanol–water partition coefficient (Wildman–Crippen LogP) is 3.65. The molecule has 130 valence electrons. The van der Waals surface area contributed by atoms with Crippen LogP contribution in [0.15, 0.2) is 36.4 Å². The number of hydrogen-bond donors (Lipinski definition) is 0. The molecule has 2 aromatic rings. The van der Waals surface area contributed by atoms with E-state index in [4.69, 9.17) is 14.2 Å². The highest BCUT2D eigenvalue weighted by Gasteiger charge is 2.21. The second-order valence-corrected chi connectivity index (χ2v) is 6.24. The highest BCUT2D eigenvalue weighted by molar-refractivity contribution is 5.84. The van der Waals surface area contributed by atoms with E-state index in [1.54, 1.807) is 7.11 Å². The lowest BCUT2D eigenvalue weighted by molar-refractivity contribution is -0.0376. The molecule has 1 saturated heterocycles. The van der Waals surface area contributed by atoms with E-state index in [1.165, 1.54) is 16.3 Å². The summed E-state index contributed by atoms with van der Waals surface area (Å²) >= 11 is 0. The van der Waals surface area contributed by atoms with Gasteiger partial charge in [-0.05, 0) is 41.0 Å². The maximum Gasteiger partial charge on any atom is 0.119 e. The lowest BCUT2D eigenvalue weighted by Gasteiger charge is -2.33. The topological polar surface area (TPSA) is 30.9 Å². The van der Waals surface area contributed by atoms with Gasteiger partial charge in [-0.3, -0.25) is 4.90 Å². The molecule has 4 heteroatoms. The molecular formula is C20H27NO3. The van der Waals surface area contributed by atoms with Crippen molar-refractivity contribution in [3.05, 3.63) is 42.0 Å². The van der Waals surface area contributed by atoms with Gasteiger partial charge in [0.25, 0.3) is 0 Å². The molecule has 0 N–H and O–H groups in total. The summed E-state index contributed by atoms with van der Waals surface area (Å²) in [5.74, 6) is 0.891. The fourth-order valence-corrected chi connectivity index (χ4v) is 3.12. The first-order chi connectivity index (χ1) is 11.8. The van der Waals surface area contributed by atoms with Crippen LogP contribution in [-0.2, 0) is 9.47 Å².